The maximum Gasteiger partial charge on any atom is 0.310 e. The molecule has 0 unspecified atom stereocenters. The topological polar surface area (TPSA) is 97.1 Å². The van der Waals surface area contributed by atoms with Gasteiger partial charge in [-0.25, -0.2) is 9.97 Å². The number of halogens is 5. The van der Waals surface area contributed by atoms with Crippen molar-refractivity contribution in [3.05, 3.63) is 47.4 Å². The van der Waals surface area contributed by atoms with E-state index in [2.05, 4.69) is 9.97 Å². The number of carbonyl (C=O) groups is 1. The number of nitrogens with two attached hydrogens (primary N) is 1. The van der Waals surface area contributed by atoms with Gasteiger partial charge in [-0.15, -0.1) is 0 Å². The van der Waals surface area contributed by atoms with Gasteiger partial charge < -0.3 is 20.4 Å². The van der Waals surface area contributed by atoms with Crippen LogP contribution in [0.2, 0.25) is 0 Å². The predicted octanol–water partition coefficient (Wildman–Crippen LogP) is 6.11. The molecule has 0 aliphatic carbocycles. The summed E-state index contributed by atoms with van der Waals surface area (Å²) in [6.45, 7) is 2.07. The maximum absolute atomic E-state index is 13.1. The standard InChI is InChI=1S/C23H26F5N5O2S/c24-36(25,26,27,28)16-1-2-18(19(29)13-16)23(34)33-9-4-14(5-10-33)17-3-8-30-22-20(17)31-21(32-22)15-6-11-35-12-7-15/h1-3,8,13-15H,4-7,9-12,29H2,(H,30,31,32). The molecule has 5 rings (SSSR count). The molecule has 2 fully saturated rings. The van der Waals surface area contributed by atoms with Crippen molar-refractivity contribution in [2.75, 3.05) is 32.0 Å². The minimum atomic E-state index is -9.88. The Morgan fingerprint density at radius 1 is 1.03 bits per heavy atom. The van der Waals surface area contributed by atoms with Gasteiger partial charge in [0.25, 0.3) is 5.91 Å². The average molecular weight is 532 g/mol. The zero-order valence-corrected chi connectivity index (χ0v) is 20.0. The first-order valence-corrected chi connectivity index (χ1v) is 13.6. The van der Waals surface area contributed by atoms with Gasteiger partial charge in [-0.3, -0.25) is 4.79 Å². The van der Waals surface area contributed by atoms with Gasteiger partial charge in [-0.2, -0.15) is 0 Å². The number of fused-ring (bicyclic) bond motifs is 1. The molecule has 0 bridgehead atoms. The Morgan fingerprint density at radius 3 is 2.36 bits per heavy atom. The van der Waals surface area contributed by atoms with Crippen molar-refractivity contribution >= 4 is 33.0 Å². The van der Waals surface area contributed by atoms with Gasteiger partial charge in [0.05, 0.1) is 5.56 Å². The van der Waals surface area contributed by atoms with Crippen LogP contribution in [0.1, 0.15) is 59.3 Å². The number of aromatic nitrogens is 3. The average Bonchev–Trinajstić information content (AvgIpc) is 3.27. The Kier molecular flexibility index (Phi) is 5.52. The second-order valence-electron chi connectivity index (χ2n) is 9.39. The number of H-pyrrole nitrogens is 1. The van der Waals surface area contributed by atoms with E-state index in [9.17, 15) is 24.2 Å². The van der Waals surface area contributed by atoms with Crippen molar-refractivity contribution in [3.8, 4) is 0 Å². The molecule has 2 aliphatic heterocycles. The summed E-state index contributed by atoms with van der Waals surface area (Å²) in [5.41, 5.74) is 7.30. The van der Waals surface area contributed by atoms with Crippen LogP contribution in [-0.2, 0) is 4.74 Å². The highest BCUT2D eigenvalue weighted by Crippen LogP contribution is 3.02. The molecule has 2 saturated heterocycles. The van der Waals surface area contributed by atoms with E-state index in [1.54, 1.807) is 6.20 Å². The van der Waals surface area contributed by atoms with Crippen molar-refractivity contribution < 1.29 is 29.0 Å². The Hall–Kier alpha value is -2.93. The van der Waals surface area contributed by atoms with Crippen LogP contribution < -0.4 is 5.73 Å². The number of nitrogen functional groups attached to an aromatic ring is 1. The predicted molar refractivity (Wildman–Crippen MR) is 127 cm³/mol. The van der Waals surface area contributed by atoms with Crippen molar-refractivity contribution in [1.82, 2.24) is 19.9 Å². The lowest BCUT2D eigenvalue weighted by Gasteiger charge is -2.40. The second kappa shape index (κ2) is 8.04. The number of ether oxygens (including phenoxy) is 1. The number of nitrogens with zero attached hydrogens (tertiary/aromatic N) is 3. The van der Waals surface area contributed by atoms with E-state index in [4.69, 9.17) is 15.5 Å². The number of hydrogen-bond acceptors (Lipinski definition) is 5. The molecule has 7 nitrogen and oxygen atoms in total. The summed E-state index contributed by atoms with van der Waals surface area (Å²) in [7, 11) is -9.88. The highest BCUT2D eigenvalue weighted by atomic mass is 32.5. The largest absolute Gasteiger partial charge is 0.398 e. The number of piperidine rings is 1. The molecular weight excluding hydrogens is 505 g/mol. The Bertz CT molecular complexity index is 1320. The summed E-state index contributed by atoms with van der Waals surface area (Å²) in [4.78, 5) is 24.9. The van der Waals surface area contributed by atoms with E-state index < -0.39 is 26.7 Å². The fourth-order valence-electron chi connectivity index (χ4n) is 4.98. The summed E-state index contributed by atoms with van der Waals surface area (Å²) in [5.74, 6) is 0.710. The SMILES string of the molecule is Nc1cc(S(F)(F)(F)(F)F)ccc1C(=O)N1CCC(c2ccnc3[nH]c(C4CCOCC4)nc23)CC1. The molecule has 1 aromatic carbocycles. The van der Waals surface area contributed by atoms with Crippen LogP contribution >= 0.6 is 10.2 Å². The molecule has 0 saturated carbocycles. The molecule has 0 radical (unpaired) electrons. The number of amides is 1. The molecule has 3 aromatic rings. The maximum atomic E-state index is 13.1. The van der Waals surface area contributed by atoms with E-state index in [-0.39, 0.29) is 29.5 Å². The molecule has 0 atom stereocenters. The van der Waals surface area contributed by atoms with Gasteiger partial charge in [0.2, 0.25) is 0 Å². The molecule has 0 spiro atoms. The van der Waals surface area contributed by atoms with Gasteiger partial charge in [0, 0.05) is 44.1 Å². The molecule has 4 heterocycles. The number of hydrogen-bond donors (Lipinski definition) is 2. The zero-order chi connectivity index (χ0) is 25.8. The molecule has 196 valence electrons. The van der Waals surface area contributed by atoms with Gasteiger partial charge >= 0.3 is 10.2 Å². The van der Waals surface area contributed by atoms with Gasteiger partial charge in [-0.1, -0.05) is 19.4 Å². The minimum absolute atomic E-state index is 0.109. The van der Waals surface area contributed by atoms with Crippen molar-refractivity contribution in [3.63, 3.8) is 0 Å². The first-order valence-electron chi connectivity index (χ1n) is 11.7. The Labute approximate surface area is 203 Å². The quantitative estimate of drug-likeness (QED) is 0.313. The third-order valence-electron chi connectivity index (χ3n) is 6.96. The van der Waals surface area contributed by atoms with Crippen LogP contribution in [0.15, 0.2) is 35.4 Å². The third-order valence-corrected chi connectivity index (χ3v) is 8.11. The van der Waals surface area contributed by atoms with Gasteiger partial charge in [0.15, 0.2) is 5.65 Å². The number of aromatic amines is 1. The molecular formula is C23H26F5N5O2S. The highest BCUT2D eigenvalue weighted by molar-refractivity contribution is 8.45. The summed E-state index contributed by atoms with van der Waals surface area (Å²) < 4.78 is 70.8. The third kappa shape index (κ3) is 4.85. The Morgan fingerprint density at radius 2 is 1.72 bits per heavy atom. The summed E-state index contributed by atoms with van der Waals surface area (Å²) in [6.07, 6.45) is 4.72. The monoisotopic (exact) mass is 531 g/mol. The van der Waals surface area contributed by atoms with Crippen LogP contribution in [0.25, 0.3) is 11.2 Å². The smallest absolute Gasteiger partial charge is 0.310 e. The number of likely N-dealkylation sites (tertiary alicyclic amines) is 1. The second-order valence-corrected chi connectivity index (χ2v) is 11.8. The fraction of sp³-hybridized carbons (Fsp3) is 0.435. The lowest BCUT2D eigenvalue weighted by atomic mass is 9.89. The molecule has 2 aliphatic rings. The number of carbonyl (C=O) groups excluding carboxylic acids is 1. The molecule has 3 N–H and O–H groups in total. The van der Waals surface area contributed by atoms with Crippen LogP contribution in [0.4, 0.5) is 25.1 Å². The molecule has 36 heavy (non-hydrogen) atoms. The first kappa shape index (κ1) is 24.8. The number of rotatable bonds is 4. The number of nitrogens with one attached hydrogen (secondary N) is 1. The van der Waals surface area contributed by atoms with Crippen molar-refractivity contribution in [1.29, 1.82) is 0 Å². The zero-order valence-electron chi connectivity index (χ0n) is 19.2. The lowest BCUT2D eigenvalue weighted by molar-refractivity contribution is 0.0714. The number of imidazole rings is 1. The molecule has 2 aromatic heterocycles. The molecule has 13 heteroatoms. The fourth-order valence-corrected chi connectivity index (χ4v) is 5.66. The number of anilines is 1. The Balaban J connectivity index is 1.31. The van der Waals surface area contributed by atoms with Crippen LogP contribution in [-0.4, -0.2) is 52.1 Å². The van der Waals surface area contributed by atoms with E-state index in [1.807, 2.05) is 6.07 Å². The number of pyridine rings is 1. The van der Waals surface area contributed by atoms with E-state index in [1.165, 1.54) is 4.90 Å². The van der Waals surface area contributed by atoms with Gasteiger partial charge in [-0.05, 0) is 61.4 Å². The highest BCUT2D eigenvalue weighted by Gasteiger charge is 2.65. The normalized spacial score (nSPS) is 20.3. The summed E-state index contributed by atoms with van der Waals surface area (Å²) in [6, 6.07) is 3.02. The lowest BCUT2D eigenvalue weighted by Crippen LogP contribution is -2.38. The van der Waals surface area contributed by atoms with E-state index >= 15 is 0 Å². The van der Waals surface area contributed by atoms with Crippen LogP contribution in [0, 0.1) is 0 Å². The van der Waals surface area contributed by atoms with Gasteiger partial charge in [0.1, 0.15) is 16.2 Å². The van der Waals surface area contributed by atoms with Crippen molar-refractivity contribution in [2.24, 2.45) is 0 Å². The number of benzene rings is 1. The summed E-state index contributed by atoms with van der Waals surface area (Å²) >= 11 is 0. The first-order chi connectivity index (χ1) is 16.8. The molecule has 1 amide bonds. The van der Waals surface area contributed by atoms with E-state index in [0.29, 0.717) is 44.8 Å². The minimum Gasteiger partial charge on any atom is -0.398 e. The summed E-state index contributed by atoms with van der Waals surface area (Å²) in [5, 5.41) is 0. The van der Waals surface area contributed by atoms with Crippen LogP contribution in [0.3, 0.4) is 0 Å². The van der Waals surface area contributed by atoms with E-state index in [0.717, 1.165) is 35.8 Å². The van der Waals surface area contributed by atoms with Crippen molar-refractivity contribution in [2.45, 2.75) is 42.4 Å². The van der Waals surface area contributed by atoms with Crippen LogP contribution in [0.5, 0.6) is 0 Å².